The van der Waals surface area contributed by atoms with Crippen LogP contribution in [0.1, 0.15) is 18.3 Å². The van der Waals surface area contributed by atoms with Crippen LogP contribution >= 0.6 is 0 Å². The van der Waals surface area contributed by atoms with E-state index in [0.717, 1.165) is 35.0 Å². The zero-order valence-electron chi connectivity index (χ0n) is 10.8. The van der Waals surface area contributed by atoms with E-state index in [1.807, 2.05) is 34.5 Å². The summed E-state index contributed by atoms with van der Waals surface area (Å²) < 4.78 is 3.93. The first-order valence-electron chi connectivity index (χ1n) is 6.04. The van der Waals surface area contributed by atoms with Crippen LogP contribution in [0.5, 0.6) is 0 Å². The first-order chi connectivity index (χ1) is 8.70. The minimum Gasteiger partial charge on any atom is -0.291 e. The number of aryl methyl sites for hydroxylation is 2. The molecule has 3 heterocycles. The lowest BCUT2D eigenvalue weighted by Gasteiger charge is -1.99. The summed E-state index contributed by atoms with van der Waals surface area (Å²) in [5.41, 5.74) is 4.21. The molecule has 0 bridgehead atoms. The molecule has 0 aliphatic carbocycles. The standard InChI is InChI=1S/C13H15N5/c1-4-18-10(3)12(9(2)16-18)11-8-17-7-5-6-14-13(17)15-11/h5-8H,4H2,1-3H3. The largest absolute Gasteiger partial charge is 0.291 e. The van der Waals surface area contributed by atoms with Crippen LogP contribution in [0.15, 0.2) is 24.7 Å². The molecule has 0 fully saturated rings. The van der Waals surface area contributed by atoms with Gasteiger partial charge in [0, 0.05) is 36.4 Å². The minimum atomic E-state index is 0.718. The summed E-state index contributed by atoms with van der Waals surface area (Å²) in [7, 11) is 0. The maximum Gasteiger partial charge on any atom is 0.234 e. The molecule has 0 amide bonds. The van der Waals surface area contributed by atoms with Crippen molar-refractivity contribution in [1.82, 2.24) is 24.1 Å². The van der Waals surface area contributed by atoms with Gasteiger partial charge in [0.05, 0.1) is 11.4 Å². The van der Waals surface area contributed by atoms with Crippen molar-refractivity contribution < 1.29 is 0 Å². The molecule has 0 unspecified atom stereocenters. The topological polar surface area (TPSA) is 48.0 Å². The molecular formula is C13H15N5. The number of aromatic nitrogens is 5. The smallest absolute Gasteiger partial charge is 0.234 e. The number of nitrogens with zero attached hydrogens (tertiary/aromatic N) is 5. The molecule has 3 aromatic rings. The van der Waals surface area contributed by atoms with Crippen molar-refractivity contribution in [2.75, 3.05) is 0 Å². The number of rotatable bonds is 2. The molecule has 0 saturated carbocycles. The molecule has 5 nitrogen and oxygen atoms in total. The molecule has 18 heavy (non-hydrogen) atoms. The highest BCUT2D eigenvalue weighted by Gasteiger charge is 2.15. The van der Waals surface area contributed by atoms with Crippen LogP contribution in [-0.4, -0.2) is 24.1 Å². The molecule has 5 heteroatoms. The van der Waals surface area contributed by atoms with E-state index in [9.17, 15) is 0 Å². The van der Waals surface area contributed by atoms with Crippen molar-refractivity contribution in [3.63, 3.8) is 0 Å². The Labute approximate surface area is 105 Å². The molecule has 0 saturated heterocycles. The van der Waals surface area contributed by atoms with Gasteiger partial charge in [-0.05, 0) is 26.8 Å². The monoisotopic (exact) mass is 241 g/mol. The van der Waals surface area contributed by atoms with Gasteiger partial charge in [-0.3, -0.25) is 9.08 Å². The Bertz CT molecular complexity index is 674. The van der Waals surface area contributed by atoms with Crippen LogP contribution < -0.4 is 0 Å². The summed E-state index contributed by atoms with van der Waals surface area (Å²) in [6.07, 6.45) is 5.70. The summed E-state index contributed by atoms with van der Waals surface area (Å²) in [5, 5.41) is 4.52. The van der Waals surface area contributed by atoms with Crippen molar-refractivity contribution in [3.05, 3.63) is 36.0 Å². The van der Waals surface area contributed by atoms with Crippen LogP contribution in [0, 0.1) is 13.8 Å². The molecular weight excluding hydrogens is 226 g/mol. The van der Waals surface area contributed by atoms with Gasteiger partial charge >= 0.3 is 0 Å². The number of fused-ring (bicyclic) bond motifs is 1. The third-order valence-electron chi connectivity index (χ3n) is 3.17. The van der Waals surface area contributed by atoms with Crippen LogP contribution in [0.3, 0.4) is 0 Å². The van der Waals surface area contributed by atoms with E-state index in [0.29, 0.717) is 0 Å². The van der Waals surface area contributed by atoms with E-state index in [-0.39, 0.29) is 0 Å². The summed E-state index contributed by atoms with van der Waals surface area (Å²) in [6, 6.07) is 1.90. The van der Waals surface area contributed by atoms with Crippen molar-refractivity contribution in [1.29, 1.82) is 0 Å². The Kier molecular flexibility index (Phi) is 2.40. The molecule has 0 radical (unpaired) electrons. The summed E-state index contributed by atoms with van der Waals surface area (Å²) in [4.78, 5) is 8.79. The van der Waals surface area contributed by atoms with E-state index in [2.05, 4.69) is 28.9 Å². The Morgan fingerprint density at radius 1 is 1.28 bits per heavy atom. The first-order valence-corrected chi connectivity index (χ1v) is 6.04. The Morgan fingerprint density at radius 2 is 2.11 bits per heavy atom. The van der Waals surface area contributed by atoms with Gasteiger partial charge in [0.1, 0.15) is 0 Å². The zero-order valence-corrected chi connectivity index (χ0v) is 10.8. The summed E-state index contributed by atoms with van der Waals surface area (Å²) >= 11 is 0. The fourth-order valence-corrected chi connectivity index (χ4v) is 2.33. The van der Waals surface area contributed by atoms with Crippen molar-refractivity contribution in [2.24, 2.45) is 0 Å². The molecule has 0 atom stereocenters. The SMILES string of the molecule is CCn1nc(C)c(-c2cn3cccnc3n2)c1C. The molecule has 0 aromatic carbocycles. The second kappa shape index (κ2) is 3.94. The van der Waals surface area contributed by atoms with Crippen molar-refractivity contribution >= 4 is 5.78 Å². The van der Waals surface area contributed by atoms with E-state index in [1.165, 1.54) is 0 Å². The Morgan fingerprint density at radius 3 is 2.78 bits per heavy atom. The first kappa shape index (κ1) is 11.0. The lowest BCUT2D eigenvalue weighted by atomic mass is 10.1. The molecule has 0 aliphatic heterocycles. The summed E-state index contributed by atoms with van der Waals surface area (Å²) in [6.45, 7) is 7.06. The van der Waals surface area contributed by atoms with Gasteiger partial charge in [-0.2, -0.15) is 5.10 Å². The molecule has 0 N–H and O–H groups in total. The zero-order chi connectivity index (χ0) is 12.7. The highest BCUT2D eigenvalue weighted by molar-refractivity contribution is 5.66. The Balaban J connectivity index is 2.22. The van der Waals surface area contributed by atoms with Crippen LogP contribution in [0.2, 0.25) is 0 Å². The lowest BCUT2D eigenvalue weighted by molar-refractivity contribution is 0.634. The maximum absolute atomic E-state index is 4.55. The fraction of sp³-hybridized carbons (Fsp3) is 0.308. The van der Waals surface area contributed by atoms with Gasteiger partial charge in [0.2, 0.25) is 5.78 Å². The molecule has 3 aromatic heterocycles. The van der Waals surface area contributed by atoms with Gasteiger partial charge in [-0.15, -0.1) is 0 Å². The molecule has 0 spiro atoms. The van der Waals surface area contributed by atoms with Gasteiger partial charge in [-0.25, -0.2) is 9.97 Å². The highest BCUT2D eigenvalue weighted by atomic mass is 15.3. The fourth-order valence-electron chi connectivity index (χ4n) is 2.33. The van der Waals surface area contributed by atoms with Gasteiger partial charge in [-0.1, -0.05) is 0 Å². The van der Waals surface area contributed by atoms with E-state index >= 15 is 0 Å². The third kappa shape index (κ3) is 1.51. The maximum atomic E-state index is 4.55. The van der Waals surface area contributed by atoms with Gasteiger partial charge in [0.25, 0.3) is 0 Å². The van der Waals surface area contributed by atoms with E-state index in [1.54, 1.807) is 6.20 Å². The van der Waals surface area contributed by atoms with Gasteiger partial charge < -0.3 is 0 Å². The minimum absolute atomic E-state index is 0.718. The quantitative estimate of drug-likeness (QED) is 0.691. The van der Waals surface area contributed by atoms with E-state index in [4.69, 9.17) is 0 Å². The lowest BCUT2D eigenvalue weighted by Crippen LogP contribution is -1.98. The third-order valence-corrected chi connectivity index (χ3v) is 3.17. The average Bonchev–Trinajstić information content (AvgIpc) is 2.89. The number of hydrogen-bond acceptors (Lipinski definition) is 3. The molecule has 0 aliphatic rings. The summed E-state index contributed by atoms with van der Waals surface area (Å²) in [5.74, 6) is 0.718. The predicted octanol–water partition coefficient (Wildman–Crippen LogP) is 2.23. The highest BCUT2D eigenvalue weighted by Crippen LogP contribution is 2.25. The second-order valence-electron chi connectivity index (χ2n) is 4.31. The van der Waals surface area contributed by atoms with Crippen molar-refractivity contribution in [3.8, 4) is 11.3 Å². The normalized spacial score (nSPS) is 11.3. The Hall–Kier alpha value is -2.17. The predicted molar refractivity (Wildman–Crippen MR) is 69.4 cm³/mol. The van der Waals surface area contributed by atoms with Gasteiger partial charge in [0.15, 0.2) is 0 Å². The number of imidazole rings is 1. The second-order valence-corrected chi connectivity index (χ2v) is 4.31. The van der Waals surface area contributed by atoms with Crippen LogP contribution in [-0.2, 0) is 6.54 Å². The average molecular weight is 241 g/mol. The van der Waals surface area contributed by atoms with Crippen LogP contribution in [0.25, 0.3) is 17.0 Å². The van der Waals surface area contributed by atoms with Crippen molar-refractivity contribution in [2.45, 2.75) is 27.3 Å². The molecule has 3 rings (SSSR count). The van der Waals surface area contributed by atoms with Crippen LogP contribution in [0.4, 0.5) is 0 Å². The molecule has 92 valence electrons. The van der Waals surface area contributed by atoms with E-state index < -0.39 is 0 Å². The number of hydrogen-bond donors (Lipinski definition) is 0.